The van der Waals surface area contributed by atoms with E-state index in [1.165, 1.54) is 53.0 Å². The summed E-state index contributed by atoms with van der Waals surface area (Å²) >= 11 is 1.38. The van der Waals surface area contributed by atoms with Gasteiger partial charge in [-0.2, -0.15) is 10.2 Å². The van der Waals surface area contributed by atoms with Crippen LogP contribution in [0.2, 0.25) is 0 Å². The van der Waals surface area contributed by atoms with Crippen LogP contribution >= 0.6 is 11.8 Å². The van der Waals surface area contributed by atoms with Gasteiger partial charge in [0.1, 0.15) is 5.75 Å². The van der Waals surface area contributed by atoms with E-state index in [0.717, 1.165) is 11.3 Å². The van der Waals surface area contributed by atoms with E-state index in [2.05, 4.69) is 33.9 Å². The summed E-state index contributed by atoms with van der Waals surface area (Å²) in [6, 6.07) is 18.0. The number of aliphatic hydroxyl groups is 1. The predicted octanol–water partition coefficient (Wildman–Crippen LogP) is 6.72. The third-order valence-corrected chi connectivity index (χ3v) is 10.6. The van der Waals surface area contributed by atoms with E-state index in [4.69, 9.17) is 0 Å². The van der Waals surface area contributed by atoms with Gasteiger partial charge < -0.3 is 9.84 Å². The third-order valence-electron chi connectivity index (χ3n) is 7.73. The Hall–Kier alpha value is -4.14. The lowest BCUT2D eigenvalue weighted by Crippen LogP contribution is -2.45. The molecule has 0 radical (unpaired) electrons. The Morgan fingerprint density at radius 2 is 1.83 bits per heavy atom. The van der Waals surface area contributed by atoms with Crippen molar-refractivity contribution in [2.75, 3.05) is 10.7 Å². The minimum Gasteiger partial charge on any atom is -0.406 e. The highest BCUT2D eigenvalue weighted by Crippen LogP contribution is 2.43. The summed E-state index contributed by atoms with van der Waals surface area (Å²) in [7, 11) is -2.16. The van der Waals surface area contributed by atoms with E-state index >= 15 is 0 Å². The summed E-state index contributed by atoms with van der Waals surface area (Å²) in [4.78, 5) is 1.87. The molecule has 6 rings (SSSR count). The molecule has 1 unspecified atom stereocenters. The largest absolute Gasteiger partial charge is 0.573 e. The van der Waals surface area contributed by atoms with Crippen LogP contribution in [0.25, 0.3) is 22.5 Å². The molecule has 1 saturated heterocycles. The number of benzene rings is 3. The lowest BCUT2D eigenvalue weighted by Gasteiger charge is -2.32. The van der Waals surface area contributed by atoms with Gasteiger partial charge in [-0.05, 0) is 60.4 Å². The molecule has 1 aromatic heterocycles. The number of hydrogen-bond acceptors (Lipinski definition) is 8. The van der Waals surface area contributed by atoms with Gasteiger partial charge in [0, 0.05) is 35.2 Å². The molecule has 1 N–H and O–H groups in total. The molecule has 46 heavy (non-hydrogen) atoms. The van der Waals surface area contributed by atoms with Gasteiger partial charge in [-0.1, -0.05) is 55.9 Å². The lowest BCUT2D eigenvalue weighted by molar-refractivity contribution is -0.274. The van der Waals surface area contributed by atoms with Gasteiger partial charge in [0.25, 0.3) is 0 Å². The number of nitrogens with zero attached hydrogens (tertiary/aromatic N) is 5. The molecule has 3 aromatic carbocycles. The average Bonchev–Trinajstić information content (AvgIpc) is 3.46. The molecule has 1 fully saturated rings. The Balaban J connectivity index is 1.31. The van der Waals surface area contributed by atoms with Gasteiger partial charge >= 0.3 is 6.36 Å². The highest BCUT2D eigenvalue weighted by atomic mass is 32.2. The van der Waals surface area contributed by atoms with Crippen LogP contribution in [0.15, 0.2) is 81.8 Å². The molecule has 9 nitrogen and oxygen atoms in total. The zero-order chi connectivity index (χ0) is 33.0. The SMILES string of the molecule is CC(C)c1ccccc1N1C(=NN=Cc2ccc3c(c2)S(=O)(=O)Cc2c-3nn(C)c2-c2ccc(OC(F)(F)F)cc2)SCC1(C)O. The van der Waals surface area contributed by atoms with E-state index in [0.29, 0.717) is 44.6 Å². The summed E-state index contributed by atoms with van der Waals surface area (Å²) in [6.45, 7) is 5.89. The summed E-state index contributed by atoms with van der Waals surface area (Å²) in [6.07, 6.45) is -3.36. The number of alkyl halides is 3. The molecule has 2 aliphatic heterocycles. The van der Waals surface area contributed by atoms with Gasteiger partial charge in [-0.15, -0.1) is 18.3 Å². The van der Waals surface area contributed by atoms with Crippen LogP contribution in [0, 0.1) is 0 Å². The molecule has 4 aromatic rings. The molecule has 14 heteroatoms. The second-order valence-corrected chi connectivity index (χ2v) is 14.5. The zero-order valence-corrected chi connectivity index (χ0v) is 26.9. The van der Waals surface area contributed by atoms with Crippen LogP contribution in [0.1, 0.15) is 43.4 Å². The summed E-state index contributed by atoms with van der Waals surface area (Å²) in [5, 5.41) is 24.9. The maximum absolute atomic E-state index is 13.5. The molecule has 0 spiro atoms. The summed E-state index contributed by atoms with van der Waals surface area (Å²) in [5.41, 5.74) is 3.58. The second kappa shape index (κ2) is 11.6. The van der Waals surface area contributed by atoms with Crippen LogP contribution in [0.3, 0.4) is 0 Å². The first-order valence-corrected chi connectivity index (χ1v) is 16.9. The monoisotopic (exact) mass is 669 g/mol. The smallest absolute Gasteiger partial charge is 0.406 e. The number of halogens is 3. The molecular formula is C32H30F3N5O4S2. The number of thioether (sulfide) groups is 1. The van der Waals surface area contributed by atoms with Crippen molar-refractivity contribution >= 4 is 38.7 Å². The minimum absolute atomic E-state index is 0.0980. The van der Waals surface area contributed by atoms with Crippen molar-refractivity contribution in [3.63, 3.8) is 0 Å². The van der Waals surface area contributed by atoms with Crippen molar-refractivity contribution in [2.45, 2.75) is 49.4 Å². The quantitative estimate of drug-likeness (QED) is 0.180. The number of rotatable bonds is 6. The van der Waals surface area contributed by atoms with Crippen molar-refractivity contribution in [1.29, 1.82) is 0 Å². The first-order chi connectivity index (χ1) is 21.6. The van der Waals surface area contributed by atoms with Gasteiger partial charge in [-0.25, -0.2) is 8.42 Å². The third kappa shape index (κ3) is 6.04. The minimum atomic E-state index is -4.82. The maximum atomic E-state index is 13.5. The number of para-hydroxylation sites is 1. The first kappa shape index (κ1) is 31.8. The highest BCUT2D eigenvalue weighted by Gasteiger charge is 2.41. The van der Waals surface area contributed by atoms with Crippen molar-refractivity contribution in [3.8, 4) is 28.3 Å². The van der Waals surface area contributed by atoms with Crippen molar-refractivity contribution in [3.05, 3.63) is 83.4 Å². The van der Waals surface area contributed by atoms with Gasteiger partial charge in [0.2, 0.25) is 0 Å². The lowest BCUT2D eigenvalue weighted by atomic mass is 9.99. The molecule has 0 aliphatic carbocycles. The second-order valence-electron chi connectivity index (χ2n) is 11.6. The number of fused-ring (bicyclic) bond motifs is 3. The van der Waals surface area contributed by atoms with Crippen LogP contribution in [-0.4, -0.2) is 52.5 Å². The Morgan fingerprint density at radius 1 is 1.11 bits per heavy atom. The Kier molecular flexibility index (Phi) is 8.02. The number of anilines is 1. The maximum Gasteiger partial charge on any atom is 0.573 e. The van der Waals surface area contributed by atoms with Crippen molar-refractivity contribution < 1.29 is 31.4 Å². The first-order valence-electron chi connectivity index (χ1n) is 14.3. The van der Waals surface area contributed by atoms with E-state index < -0.39 is 21.9 Å². The van der Waals surface area contributed by atoms with Crippen molar-refractivity contribution in [2.24, 2.45) is 17.3 Å². The topological polar surface area (TPSA) is 109 Å². The summed E-state index contributed by atoms with van der Waals surface area (Å²) in [5.74, 6) is -0.105. The van der Waals surface area contributed by atoms with E-state index in [-0.39, 0.29) is 22.3 Å². The molecule has 240 valence electrons. The molecule has 2 aliphatic rings. The van der Waals surface area contributed by atoms with Crippen LogP contribution in [0.5, 0.6) is 5.75 Å². The number of sulfone groups is 1. The normalized spacial score (nSPS) is 20.0. The van der Waals surface area contributed by atoms with Crippen LogP contribution in [0.4, 0.5) is 18.9 Å². The Bertz CT molecular complexity index is 1990. The number of amidine groups is 1. The molecule has 3 heterocycles. The number of hydrogen-bond donors (Lipinski definition) is 1. The van der Waals surface area contributed by atoms with Gasteiger partial charge in [0.15, 0.2) is 20.7 Å². The van der Waals surface area contributed by atoms with E-state index in [1.807, 2.05) is 24.3 Å². The fourth-order valence-electron chi connectivity index (χ4n) is 5.73. The standard InChI is InChI=1S/C32H30F3N5O4S2/c1-19(2)23-7-5-6-8-26(23)40-30(45-18-31(40,3)41)37-36-16-20-9-14-24-27(15-20)46(42,43)17-25-28(24)38-39(4)29(25)21-10-12-22(13-11-21)44-32(33,34)35/h5-16,19,41H,17-18H2,1-4H3. The zero-order valence-electron chi connectivity index (χ0n) is 25.3. The average molecular weight is 670 g/mol. The van der Waals surface area contributed by atoms with Crippen molar-refractivity contribution in [1.82, 2.24) is 9.78 Å². The Morgan fingerprint density at radius 3 is 2.52 bits per heavy atom. The molecule has 0 saturated carbocycles. The molecular weight excluding hydrogens is 640 g/mol. The van der Waals surface area contributed by atoms with E-state index in [1.54, 1.807) is 31.0 Å². The van der Waals surface area contributed by atoms with Gasteiger partial charge in [0.05, 0.1) is 28.3 Å². The fraction of sp³-hybridized carbons (Fsp3) is 0.281. The molecule has 0 bridgehead atoms. The highest BCUT2D eigenvalue weighted by molar-refractivity contribution is 8.14. The van der Waals surface area contributed by atoms with Crippen LogP contribution < -0.4 is 9.64 Å². The van der Waals surface area contributed by atoms with E-state index in [9.17, 15) is 26.7 Å². The Labute approximate surface area is 268 Å². The number of aromatic nitrogens is 2. The molecule has 1 atom stereocenters. The van der Waals surface area contributed by atoms with Crippen LogP contribution in [-0.2, 0) is 22.6 Å². The number of aryl methyl sites for hydroxylation is 1. The van der Waals surface area contributed by atoms with Gasteiger partial charge in [-0.3, -0.25) is 9.58 Å². The predicted molar refractivity (Wildman–Crippen MR) is 173 cm³/mol. The number of ether oxygens (including phenoxy) is 1. The summed E-state index contributed by atoms with van der Waals surface area (Å²) < 4.78 is 70.4. The molecule has 0 amide bonds. The fourth-order valence-corrected chi connectivity index (χ4v) is 8.42.